The molecule has 0 aliphatic rings. The Balaban J connectivity index is 4.05. The molecule has 4 atom stereocenters. The number of hydrogen-bond donors (Lipinski definition) is 4. The standard InChI is InChI=1S/C8H17NO7P/c1-16-17(15)3-2-6(11)8(13)7(12)4-9(14)5-10/h5-8,11-14H,2-4H2,1H3/q+1/t6-,7+,8-/m1/s1. The molecule has 0 aromatic carbocycles. The van der Waals surface area contributed by atoms with E-state index in [2.05, 4.69) is 4.52 Å². The Kier molecular flexibility index (Phi) is 8.15. The van der Waals surface area contributed by atoms with Crippen molar-refractivity contribution in [2.24, 2.45) is 0 Å². The summed E-state index contributed by atoms with van der Waals surface area (Å²) < 4.78 is 15.4. The first-order chi connectivity index (χ1) is 7.92. The van der Waals surface area contributed by atoms with Crippen LogP contribution in [0, 0.1) is 0 Å². The average molecular weight is 270 g/mol. The van der Waals surface area contributed by atoms with Crippen molar-refractivity contribution < 1.29 is 34.4 Å². The average Bonchev–Trinajstić information content (AvgIpc) is 2.33. The van der Waals surface area contributed by atoms with Gasteiger partial charge in [-0.1, -0.05) is 0 Å². The van der Waals surface area contributed by atoms with Gasteiger partial charge in [-0.3, -0.25) is 10.0 Å². The highest BCUT2D eigenvalue weighted by Crippen LogP contribution is 2.22. The first kappa shape index (κ1) is 16.4. The highest BCUT2D eigenvalue weighted by molar-refractivity contribution is 7.39. The van der Waals surface area contributed by atoms with Crippen molar-refractivity contribution in [3.8, 4) is 0 Å². The Bertz CT molecular complexity index is 252. The molecule has 9 heteroatoms. The topological polar surface area (TPSA) is 128 Å². The molecule has 0 heterocycles. The number of nitrogens with zero attached hydrogens (tertiary/aromatic N) is 1. The lowest BCUT2D eigenvalue weighted by Gasteiger charge is -2.23. The lowest BCUT2D eigenvalue weighted by molar-refractivity contribution is -0.163. The normalized spacial score (nSPS) is 17.1. The molecule has 0 saturated heterocycles. The van der Waals surface area contributed by atoms with Crippen LogP contribution in [-0.2, 0) is 13.9 Å². The Hall–Kier alpha value is -0.630. The van der Waals surface area contributed by atoms with Gasteiger partial charge >= 0.3 is 8.03 Å². The van der Waals surface area contributed by atoms with Crippen molar-refractivity contribution in [3.05, 3.63) is 0 Å². The molecule has 0 aromatic heterocycles. The van der Waals surface area contributed by atoms with Crippen LogP contribution in [0.2, 0.25) is 0 Å². The van der Waals surface area contributed by atoms with E-state index in [4.69, 9.17) is 5.21 Å². The second-order valence-electron chi connectivity index (χ2n) is 3.38. The molecule has 100 valence electrons. The minimum absolute atomic E-state index is 0.0339. The lowest BCUT2D eigenvalue weighted by atomic mass is 10.1. The van der Waals surface area contributed by atoms with Crippen LogP contribution < -0.4 is 0 Å². The first-order valence-corrected chi connectivity index (χ1v) is 6.22. The molecule has 1 unspecified atom stereocenters. The van der Waals surface area contributed by atoms with Crippen LogP contribution >= 0.6 is 8.03 Å². The van der Waals surface area contributed by atoms with Gasteiger partial charge in [-0.2, -0.15) is 0 Å². The Labute approximate surface area is 99.3 Å². The minimum Gasteiger partial charge on any atom is -0.390 e. The van der Waals surface area contributed by atoms with Crippen molar-refractivity contribution in [2.75, 3.05) is 19.8 Å². The molecule has 0 radical (unpaired) electrons. The summed E-state index contributed by atoms with van der Waals surface area (Å²) in [6.45, 7) is -0.530. The van der Waals surface area contributed by atoms with Gasteiger partial charge in [0.25, 0.3) is 0 Å². The third-order valence-electron chi connectivity index (χ3n) is 2.10. The number of carbonyl (C=O) groups excluding carboxylic acids is 1. The molecule has 0 spiro atoms. The third-order valence-corrected chi connectivity index (χ3v) is 3.13. The van der Waals surface area contributed by atoms with E-state index >= 15 is 0 Å². The highest BCUT2D eigenvalue weighted by Gasteiger charge is 2.28. The predicted octanol–water partition coefficient (Wildman–Crippen LogP) is -1.30. The molecular weight excluding hydrogens is 253 g/mol. The molecule has 0 aromatic rings. The molecule has 17 heavy (non-hydrogen) atoms. The van der Waals surface area contributed by atoms with Crippen molar-refractivity contribution in [3.63, 3.8) is 0 Å². The summed E-state index contributed by atoms with van der Waals surface area (Å²) in [4.78, 5) is 10.1. The summed E-state index contributed by atoms with van der Waals surface area (Å²) in [7, 11) is -0.639. The number of hydrogen-bond acceptors (Lipinski definition) is 7. The molecule has 0 aliphatic carbocycles. The molecule has 4 N–H and O–H groups in total. The van der Waals surface area contributed by atoms with Crippen LogP contribution in [0.5, 0.6) is 0 Å². The van der Waals surface area contributed by atoms with E-state index in [0.29, 0.717) is 0 Å². The van der Waals surface area contributed by atoms with Crippen molar-refractivity contribution in [1.82, 2.24) is 5.06 Å². The number of aliphatic hydroxyl groups excluding tert-OH is 3. The van der Waals surface area contributed by atoms with Crippen LogP contribution in [0.15, 0.2) is 0 Å². The van der Waals surface area contributed by atoms with Crippen molar-refractivity contribution >= 4 is 14.4 Å². The number of rotatable bonds is 9. The second kappa shape index (κ2) is 8.46. The van der Waals surface area contributed by atoms with E-state index < -0.39 is 32.9 Å². The van der Waals surface area contributed by atoms with E-state index in [0.717, 1.165) is 0 Å². The van der Waals surface area contributed by atoms with E-state index in [1.54, 1.807) is 0 Å². The number of amides is 1. The zero-order valence-electron chi connectivity index (χ0n) is 9.34. The van der Waals surface area contributed by atoms with Crippen molar-refractivity contribution in [1.29, 1.82) is 0 Å². The molecular formula is C8H17NO7P+. The first-order valence-electron chi connectivity index (χ1n) is 4.86. The molecule has 0 saturated carbocycles. The summed E-state index contributed by atoms with van der Waals surface area (Å²) in [5.74, 6) is 0. The number of carbonyl (C=O) groups is 1. The number of hydroxylamine groups is 2. The summed E-state index contributed by atoms with van der Waals surface area (Å²) in [6.07, 6.45) is -4.31. The molecule has 0 rings (SSSR count). The van der Waals surface area contributed by atoms with Crippen LogP contribution in [0.4, 0.5) is 0 Å². The second-order valence-corrected chi connectivity index (χ2v) is 4.86. The van der Waals surface area contributed by atoms with Gasteiger partial charge in [0.15, 0.2) is 6.16 Å². The monoisotopic (exact) mass is 270 g/mol. The van der Waals surface area contributed by atoms with Gasteiger partial charge in [0.2, 0.25) is 6.41 Å². The summed E-state index contributed by atoms with van der Waals surface area (Å²) in [5, 5.41) is 37.1. The molecule has 8 nitrogen and oxygen atoms in total. The maximum absolute atomic E-state index is 10.9. The summed E-state index contributed by atoms with van der Waals surface area (Å²) in [5.41, 5.74) is 0. The van der Waals surface area contributed by atoms with Crippen molar-refractivity contribution in [2.45, 2.75) is 24.7 Å². The third kappa shape index (κ3) is 6.62. The Morgan fingerprint density at radius 1 is 1.35 bits per heavy atom. The molecule has 0 aliphatic heterocycles. The van der Waals surface area contributed by atoms with Crippen LogP contribution in [-0.4, -0.2) is 70.1 Å². The minimum atomic E-state index is -1.89. The van der Waals surface area contributed by atoms with Gasteiger partial charge in [0.1, 0.15) is 12.2 Å². The fraction of sp³-hybridized carbons (Fsp3) is 0.875. The van der Waals surface area contributed by atoms with Crippen LogP contribution in [0.1, 0.15) is 6.42 Å². The zero-order valence-corrected chi connectivity index (χ0v) is 10.2. The van der Waals surface area contributed by atoms with Gasteiger partial charge in [0.05, 0.1) is 19.8 Å². The smallest absolute Gasteiger partial charge is 0.390 e. The fourth-order valence-corrected chi connectivity index (χ4v) is 1.76. The van der Waals surface area contributed by atoms with E-state index in [1.165, 1.54) is 7.11 Å². The van der Waals surface area contributed by atoms with Crippen LogP contribution in [0.25, 0.3) is 0 Å². The lowest BCUT2D eigenvalue weighted by Crippen LogP contribution is -2.43. The van der Waals surface area contributed by atoms with Gasteiger partial charge < -0.3 is 15.3 Å². The molecule has 1 amide bonds. The Morgan fingerprint density at radius 2 is 1.94 bits per heavy atom. The maximum atomic E-state index is 10.9. The predicted molar refractivity (Wildman–Crippen MR) is 56.7 cm³/mol. The fourth-order valence-electron chi connectivity index (χ4n) is 1.10. The largest absolute Gasteiger partial charge is 0.507 e. The Morgan fingerprint density at radius 3 is 2.41 bits per heavy atom. The SMILES string of the molecule is CO[P+](=O)CC[C@@H](O)[C@@H](O)[C@@H](O)CN(O)C=O. The van der Waals surface area contributed by atoms with E-state index in [9.17, 15) is 24.7 Å². The molecule has 0 fully saturated rings. The summed E-state index contributed by atoms with van der Waals surface area (Å²) in [6, 6.07) is 0. The maximum Gasteiger partial charge on any atom is 0.507 e. The van der Waals surface area contributed by atoms with Gasteiger partial charge in [-0.05, 0) is 4.57 Å². The van der Waals surface area contributed by atoms with E-state index in [1.807, 2.05) is 0 Å². The van der Waals surface area contributed by atoms with Crippen LogP contribution in [0.3, 0.4) is 0 Å². The molecule has 0 bridgehead atoms. The van der Waals surface area contributed by atoms with E-state index in [-0.39, 0.29) is 24.1 Å². The number of aliphatic hydroxyl groups is 3. The summed E-state index contributed by atoms with van der Waals surface area (Å²) >= 11 is 0. The van der Waals surface area contributed by atoms with Gasteiger partial charge in [-0.15, -0.1) is 4.52 Å². The van der Waals surface area contributed by atoms with Gasteiger partial charge in [0, 0.05) is 6.42 Å². The zero-order chi connectivity index (χ0) is 13.4. The highest BCUT2D eigenvalue weighted by atomic mass is 31.1. The van der Waals surface area contributed by atoms with Gasteiger partial charge in [-0.25, -0.2) is 5.06 Å². The quantitative estimate of drug-likeness (QED) is 0.177.